The zero-order valence-electron chi connectivity index (χ0n) is 13.0. The van der Waals surface area contributed by atoms with Gasteiger partial charge >= 0.3 is 0 Å². The lowest BCUT2D eigenvalue weighted by Gasteiger charge is -2.19. The van der Waals surface area contributed by atoms with Crippen LogP contribution in [0.25, 0.3) is 0 Å². The summed E-state index contributed by atoms with van der Waals surface area (Å²) in [6.45, 7) is 8.42. The van der Waals surface area contributed by atoms with Gasteiger partial charge in [0, 0.05) is 5.69 Å². The fourth-order valence-electron chi connectivity index (χ4n) is 2.56. The first-order chi connectivity index (χ1) is 9.95. The molecule has 21 heavy (non-hydrogen) atoms. The standard InChI is InChI=1S/C18H22N2S/c1-12-9-13(2)11-16(10-12)20-18(21)19-15(4)17-8-6-5-7-14(17)3/h5-11,15H,1-4H3,(H2,19,20,21). The molecule has 0 saturated carbocycles. The second-order valence-corrected chi connectivity index (χ2v) is 5.96. The minimum atomic E-state index is 0.178. The molecule has 0 heterocycles. The smallest absolute Gasteiger partial charge is 0.171 e. The van der Waals surface area contributed by atoms with E-state index in [2.05, 4.69) is 80.8 Å². The van der Waals surface area contributed by atoms with Crippen LogP contribution in [0.2, 0.25) is 0 Å². The first kappa shape index (κ1) is 15.5. The Balaban J connectivity index is 2.03. The molecular formula is C18H22N2S. The summed E-state index contributed by atoms with van der Waals surface area (Å²) in [5, 5.41) is 7.26. The van der Waals surface area contributed by atoms with Gasteiger partial charge in [-0.15, -0.1) is 0 Å². The molecule has 0 fully saturated rings. The number of nitrogens with one attached hydrogen (secondary N) is 2. The SMILES string of the molecule is Cc1cc(C)cc(NC(=S)NC(C)c2ccccc2C)c1. The minimum Gasteiger partial charge on any atom is -0.356 e. The third-order valence-corrected chi connectivity index (χ3v) is 3.70. The van der Waals surface area contributed by atoms with Crippen molar-refractivity contribution in [1.29, 1.82) is 0 Å². The average molecular weight is 298 g/mol. The molecule has 2 aromatic carbocycles. The number of hydrogen-bond acceptors (Lipinski definition) is 1. The quantitative estimate of drug-likeness (QED) is 0.806. The van der Waals surface area contributed by atoms with E-state index >= 15 is 0 Å². The lowest BCUT2D eigenvalue weighted by atomic mass is 10.0. The molecular weight excluding hydrogens is 276 g/mol. The molecule has 0 aliphatic rings. The van der Waals surface area contributed by atoms with Gasteiger partial charge < -0.3 is 10.6 Å². The van der Waals surface area contributed by atoms with Gasteiger partial charge in [0.25, 0.3) is 0 Å². The summed E-state index contributed by atoms with van der Waals surface area (Å²) in [6, 6.07) is 14.9. The Labute approximate surface area is 132 Å². The van der Waals surface area contributed by atoms with Gasteiger partial charge in [0.05, 0.1) is 6.04 Å². The van der Waals surface area contributed by atoms with Crippen molar-refractivity contribution in [3.05, 3.63) is 64.7 Å². The Morgan fingerprint density at radius 1 is 1.00 bits per heavy atom. The van der Waals surface area contributed by atoms with E-state index in [4.69, 9.17) is 12.2 Å². The first-order valence-corrected chi connectivity index (χ1v) is 7.58. The summed E-state index contributed by atoms with van der Waals surface area (Å²) in [5.74, 6) is 0. The molecule has 0 aliphatic heterocycles. The zero-order valence-corrected chi connectivity index (χ0v) is 13.8. The van der Waals surface area contributed by atoms with Gasteiger partial charge in [-0.1, -0.05) is 30.3 Å². The highest BCUT2D eigenvalue weighted by molar-refractivity contribution is 7.80. The van der Waals surface area contributed by atoms with Crippen LogP contribution < -0.4 is 10.6 Å². The van der Waals surface area contributed by atoms with Crippen LogP contribution in [0.4, 0.5) is 5.69 Å². The summed E-state index contributed by atoms with van der Waals surface area (Å²) in [4.78, 5) is 0. The van der Waals surface area contributed by atoms with Crippen molar-refractivity contribution in [2.45, 2.75) is 33.7 Å². The average Bonchev–Trinajstić information content (AvgIpc) is 2.37. The molecule has 0 aliphatic carbocycles. The summed E-state index contributed by atoms with van der Waals surface area (Å²) in [7, 11) is 0. The Bertz CT molecular complexity index is 629. The van der Waals surface area contributed by atoms with Crippen LogP contribution >= 0.6 is 12.2 Å². The number of benzene rings is 2. The van der Waals surface area contributed by atoms with Gasteiger partial charge in [-0.2, -0.15) is 0 Å². The number of rotatable bonds is 3. The molecule has 2 aromatic rings. The lowest BCUT2D eigenvalue weighted by molar-refractivity contribution is 0.717. The van der Waals surface area contributed by atoms with Crippen LogP contribution in [0.3, 0.4) is 0 Å². The Morgan fingerprint density at radius 2 is 1.62 bits per heavy atom. The number of hydrogen-bond donors (Lipinski definition) is 2. The fraction of sp³-hybridized carbons (Fsp3) is 0.278. The fourth-order valence-corrected chi connectivity index (χ4v) is 2.86. The maximum atomic E-state index is 5.42. The summed E-state index contributed by atoms with van der Waals surface area (Å²) >= 11 is 5.42. The topological polar surface area (TPSA) is 24.1 Å². The number of aryl methyl sites for hydroxylation is 3. The normalized spacial score (nSPS) is 11.8. The van der Waals surface area contributed by atoms with Gasteiger partial charge in [-0.3, -0.25) is 0 Å². The molecule has 0 radical (unpaired) electrons. The van der Waals surface area contributed by atoms with Crippen molar-refractivity contribution in [3.63, 3.8) is 0 Å². The molecule has 1 atom stereocenters. The highest BCUT2D eigenvalue weighted by atomic mass is 32.1. The van der Waals surface area contributed by atoms with Crippen molar-refractivity contribution in [2.24, 2.45) is 0 Å². The second-order valence-electron chi connectivity index (χ2n) is 5.55. The van der Waals surface area contributed by atoms with Gasteiger partial charge in [0.15, 0.2) is 5.11 Å². The Kier molecular flexibility index (Phi) is 4.97. The predicted octanol–water partition coefficient (Wildman–Crippen LogP) is 4.66. The Morgan fingerprint density at radius 3 is 2.24 bits per heavy atom. The lowest BCUT2D eigenvalue weighted by Crippen LogP contribution is -2.31. The van der Waals surface area contributed by atoms with E-state index < -0.39 is 0 Å². The van der Waals surface area contributed by atoms with Gasteiger partial charge in [0.1, 0.15) is 0 Å². The highest BCUT2D eigenvalue weighted by Gasteiger charge is 2.09. The number of anilines is 1. The van der Waals surface area contributed by atoms with E-state index in [1.165, 1.54) is 22.3 Å². The molecule has 0 aromatic heterocycles. The third kappa shape index (κ3) is 4.30. The molecule has 0 amide bonds. The van der Waals surface area contributed by atoms with E-state index in [-0.39, 0.29) is 6.04 Å². The van der Waals surface area contributed by atoms with E-state index in [0.29, 0.717) is 5.11 Å². The van der Waals surface area contributed by atoms with Crippen molar-refractivity contribution >= 4 is 23.0 Å². The molecule has 0 spiro atoms. The summed E-state index contributed by atoms with van der Waals surface area (Å²) in [5.41, 5.74) is 6.02. The zero-order chi connectivity index (χ0) is 15.4. The van der Waals surface area contributed by atoms with Crippen LogP contribution in [0.1, 0.15) is 35.2 Å². The van der Waals surface area contributed by atoms with E-state index in [1.54, 1.807) is 0 Å². The molecule has 0 saturated heterocycles. The molecule has 1 unspecified atom stereocenters. The maximum absolute atomic E-state index is 5.42. The minimum absolute atomic E-state index is 0.178. The summed E-state index contributed by atoms with van der Waals surface area (Å²) < 4.78 is 0. The maximum Gasteiger partial charge on any atom is 0.171 e. The first-order valence-electron chi connectivity index (χ1n) is 7.17. The number of thiocarbonyl (C=S) groups is 1. The summed E-state index contributed by atoms with van der Waals surface area (Å²) in [6.07, 6.45) is 0. The van der Waals surface area contributed by atoms with Crippen LogP contribution in [-0.2, 0) is 0 Å². The van der Waals surface area contributed by atoms with Gasteiger partial charge in [-0.25, -0.2) is 0 Å². The predicted molar refractivity (Wildman–Crippen MR) is 94.9 cm³/mol. The van der Waals surface area contributed by atoms with Crippen LogP contribution in [0, 0.1) is 20.8 Å². The third-order valence-electron chi connectivity index (χ3n) is 3.48. The van der Waals surface area contributed by atoms with E-state index in [9.17, 15) is 0 Å². The monoisotopic (exact) mass is 298 g/mol. The van der Waals surface area contributed by atoms with Gasteiger partial charge in [0.2, 0.25) is 0 Å². The van der Waals surface area contributed by atoms with Crippen molar-refractivity contribution in [2.75, 3.05) is 5.32 Å². The van der Waals surface area contributed by atoms with E-state index in [1.807, 2.05) is 0 Å². The largest absolute Gasteiger partial charge is 0.356 e. The van der Waals surface area contributed by atoms with E-state index in [0.717, 1.165) is 5.69 Å². The van der Waals surface area contributed by atoms with Crippen molar-refractivity contribution < 1.29 is 0 Å². The molecule has 2 N–H and O–H groups in total. The molecule has 2 nitrogen and oxygen atoms in total. The molecule has 0 bridgehead atoms. The highest BCUT2D eigenvalue weighted by Crippen LogP contribution is 2.18. The molecule has 3 heteroatoms. The Hall–Kier alpha value is -1.87. The molecule has 2 rings (SSSR count). The van der Waals surface area contributed by atoms with Crippen molar-refractivity contribution in [1.82, 2.24) is 5.32 Å². The van der Waals surface area contributed by atoms with Gasteiger partial charge in [-0.05, 0) is 74.3 Å². The van der Waals surface area contributed by atoms with Crippen LogP contribution in [0.5, 0.6) is 0 Å². The van der Waals surface area contributed by atoms with Crippen LogP contribution in [-0.4, -0.2) is 5.11 Å². The van der Waals surface area contributed by atoms with Crippen molar-refractivity contribution in [3.8, 4) is 0 Å². The van der Waals surface area contributed by atoms with Crippen LogP contribution in [0.15, 0.2) is 42.5 Å². The molecule has 110 valence electrons. The second kappa shape index (κ2) is 6.72.